The predicted molar refractivity (Wildman–Crippen MR) is 33.8 cm³/mol. The third kappa shape index (κ3) is 1.54. The van der Waals surface area contributed by atoms with Crippen molar-refractivity contribution in [3.05, 3.63) is 0 Å². The molecule has 1 atom stereocenters. The fourth-order valence-electron chi connectivity index (χ4n) is 1.13. The molecule has 1 radical (unpaired) electrons. The topological polar surface area (TPSA) is 0 Å². The van der Waals surface area contributed by atoms with Crippen LogP contribution in [0.3, 0.4) is 0 Å². The van der Waals surface area contributed by atoms with Crippen molar-refractivity contribution < 1.29 is 0 Å². The van der Waals surface area contributed by atoms with Gasteiger partial charge < -0.3 is 0 Å². The molecule has 1 rings (SSSR count). The van der Waals surface area contributed by atoms with Crippen LogP contribution in [0.5, 0.6) is 0 Å². The standard InChI is InChI=1S/C6H12B/c1-6-3-2-4-7-5-6/h6H,2-5H2,1H3. The lowest BCUT2D eigenvalue weighted by Gasteiger charge is -2.14. The Morgan fingerprint density at radius 2 is 2.43 bits per heavy atom. The Bertz CT molecular complexity index is 46.1. The van der Waals surface area contributed by atoms with Gasteiger partial charge in [0.1, 0.15) is 7.28 Å². The highest BCUT2D eigenvalue weighted by atomic mass is 14.0. The molecule has 0 saturated carbocycles. The van der Waals surface area contributed by atoms with Gasteiger partial charge in [0.15, 0.2) is 0 Å². The highest BCUT2D eigenvalue weighted by molar-refractivity contribution is 6.35. The second kappa shape index (κ2) is 2.39. The number of hydrogen-bond acceptors (Lipinski definition) is 0. The van der Waals surface area contributed by atoms with Gasteiger partial charge in [0, 0.05) is 0 Å². The van der Waals surface area contributed by atoms with Crippen LogP contribution in [0.2, 0.25) is 12.6 Å². The average Bonchev–Trinajstić information content (AvgIpc) is 1.69. The summed E-state index contributed by atoms with van der Waals surface area (Å²) in [4.78, 5) is 0. The molecule has 7 heavy (non-hydrogen) atoms. The quantitative estimate of drug-likeness (QED) is 0.403. The molecule has 1 aliphatic rings. The zero-order valence-corrected chi connectivity index (χ0v) is 4.98. The number of hydrogen-bond donors (Lipinski definition) is 0. The molecule has 0 spiro atoms. The first-order chi connectivity index (χ1) is 3.39. The van der Waals surface area contributed by atoms with Gasteiger partial charge in [-0.05, 0) is 0 Å². The largest absolute Gasteiger partial charge is 0.109 e. The molecule has 0 bridgehead atoms. The molecule has 1 heterocycles. The van der Waals surface area contributed by atoms with Crippen LogP contribution in [0.15, 0.2) is 0 Å². The van der Waals surface area contributed by atoms with E-state index < -0.39 is 0 Å². The summed E-state index contributed by atoms with van der Waals surface area (Å²) in [5, 5.41) is 0. The van der Waals surface area contributed by atoms with E-state index in [0.717, 1.165) is 5.92 Å². The molecule has 1 fully saturated rings. The molecule has 1 unspecified atom stereocenters. The summed E-state index contributed by atoms with van der Waals surface area (Å²) in [6.45, 7) is 2.33. The Kier molecular flexibility index (Phi) is 1.78. The zero-order chi connectivity index (χ0) is 5.11. The third-order valence-electron chi connectivity index (χ3n) is 1.67. The molecule has 0 aromatic heterocycles. The zero-order valence-electron chi connectivity index (χ0n) is 4.98. The van der Waals surface area contributed by atoms with Crippen molar-refractivity contribution in [1.29, 1.82) is 0 Å². The molecule has 1 saturated heterocycles. The minimum absolute atomic E-state index is 0.980. The second-order valence-electron chi connectivity index (χ2n) is 2.56. The average molecular weight is 95.0 g/mol. The van der Waals surface area contributed by atoms with Crippen molar-refractivity contribution in [3.63, 3.8) is 0 Å². The first-order valence-corrected chi connectivity index (χ1v) is 3.21. The van der Waals surface area contributed by atoms with Crippen LogP contribution < -0.4 is 0 Å². The summed E-state index contributed by atoms with van der Waals surface area (Å²) in [7, 11) is 2.41. The van der Waals surface area contributed by atoms with Gasteiger partial charge in [0.2, 0.25) is 0 Å². The van der Waals surface area contributed by atoms with Crippen molar-refractivity contribution >= 4 is 7.28 Å². The maximum absolute atomic E-state index is 2.41. The van der Waals surface area contributed by atoms with Gasteiger partial charge in [0.25, 0.3) is 0 Å². The molecule has 0 amide bonds. The SMILES string of the molecule is CC1C[B]CCC1. The highest BCUT2D eigenvalue weighted by Gasteiger charge is 2.07. The van der Waals surface area contributed by atoms with Gasteiger partial charge in [-0.25, -0.2) is 0 Å². The third-order valence-corrected chi connectivity index (χ3v) is 1.67. The van der Waals surface area contributed by atoms with Crippen LogP contribution in [0.1, 0.15) is 19.8 Å². The Morgan fingerprint density at radius 1 is 1.57 bits per heavy atom. The van der Waals surface area contributed by atoms with Crippen molar-refractivity contribution in [2.75, 3.05) is 0 Å². The fraction of sp³-hybridized carbons (Fsp3) is 1.00. The van der Waals surface area contributed by atoms with Crippen molar-refractivity contribution in [1.82, 2.24) is 0 Å². The van der Waals surface area contributed by atoms with E-state index in [4.69, 9.17) is 0 Å². The second-order valence-corrected chi connectivity index (χ2v) is 2.56. The van der Waals surface area contributed by atoms with E-state index in [1.807, 2.05) is 0 Å². The lowest BCUT2D eigenvalue weighted by Crippen LogP contribution is -2.05. The lowest BCUT2D eigenvalue weighted by atomic mass is 9.61. The van der Waals surface area contributed by atoms with E-state index in [2.05, 4.69) is 14.2 Å². The monoisotopic (exact) mass is 95.1 g/mol. The van der Waals surface area contributed by atoms with Crippen molar-refractivity contribution in [2.24, 2.45) is 5.92 Å². The molecular weight excluding hydrogens is 82.9 g/mol. The normalized spacial score (nSPS) is 31.9. The van der Waals surface area contributed by atoms with E-state index in [0.29, 0.717) is 0 Å². The Hall–Kier alpha value is 0.0649. The van der Waals surface area contributed by atoms with E-state index in [9.17, 15) is 0 Å². The lowest BCUT2D eigenvalue weighted by molar-refractivity contribution is 0.550. The van der Waals surface area contributed by atoms with Crippen LogP contribution in [-0.2, 0) is 0 Å². The van der Waals surface area contributed by atoms with E-state index in [1.165, 1.54) is 25.5 Å². The maximum Gasteiger partial charge on any atom is 0.109 e. The molecule has 39 valence electrons. The summed E-state index contributed by atoms with van der Waals surface area (Å²) >= 11 is 0. The molecule has 0 aliphatic carbocycles. The van der Waals surface area contributed by atoms with Gasteiger partial charge >= 0.3 is 0 Å². The smallest absolute Gasteiger partial charge is 0.0803 e. The van der Waals surface area contributed by atoms with Gasteiger partial charge in [-0.2, -0.15) is 0 Å². The molecule has 1 aliphatic heterocycles. The molecular formula is C6H12B. The van der Waals surface area contributed by atoms with Crippen molar-refractivity contribution in [2.45, 2.75) is 32.4 Å². The molecule has 0 N–H and O–H groups in total. The highest BCUT2D eigenvalue weighted by Crippen LogP contribution is 2.18. The van der Waals surface area contributed by atoms with Gasteiger partial charge in [-0.1, -0.05) is 38.3 Å². The summed E-state index contributed by atoms with van der Waals surface area (Å²) in [5.74, 6) is 0.980. The van der Waals surface area contributed by atoms with Gasteiger partial charge in [-0.15, -0.1) is 0 Å². The molecule has 0 aromatic rings. The van der Waals surface area contributed by atoms with E-state index in [1.54, 1.807) is 0 Å². The van der Waals surface area contributed by atoms with Crippen LogP contribution in [0.4, 0.5) is 0 Å². The molecule has 1 heteroatoms. The minimum atomic E-state index is 0.980. The Balaban J connectivity index is 2.12. The fourth-order valence-corrected chi connectivity index (χ4v) is 1.13. The summed E-state index contributed by atoms with van der Waals surface area (Å²) in [5.41, 5.74) is 0. The van der Waals surface area contributed by atoms with Crippen LogP contribution in [-0.4, -0.2) is 7.28 Å². The number of rotatable bonds is 0. The first-order valence-electron chi connectivity index (χ1n) is 3.21. The molecule has 0 aromatic carbocycles. The van der Waals surface area contributed by atoms with E-state index >= 15 is 0 Å². The summed E-state index contributed by atoms with van der Waals surface area (Å²) < 4.78 is 0. The Morgan fingerprint density at radius 3 is 2.71 bits per heavy atom. The minimum Gasteiger partial charge on any atom is -0.0803 e. The van der Waals surface area contributed by atoms with Crippen LogP contribution in [0, 0.1) is 5.92 Å². The van der Waals surface area contributed by atoms with Crippen molar-refractivity contribution in [3.8, 4) is 0 Å². The van der Waals surface area contributed by atoms with Crippen LogP contribution in [0.25, 0.3) is 0 Å². The van der Waals surface area contributed by atoms with Crippen LogP contribution >= 0.6 is 0 Å². The maximum atomic E-state index is 2.41. The molecule has 0 nitrogen and oxygen atoms in total. The summed E-state index contributed by atoms with van der Waals surface area (Å²) in [6.07, 6.45) is 5.61. The Labute approximate surface area is 46.5 Å². The van der Waals surface area contributed by atoms with Gasteiger partial charge in [0.05, 0.1) is 0 Å². The predicted octanol–water partition coefficient (Wildman–Crippen LogP) is 1.96. The van der Waals surface area contributed by atoms with Gasteiger partial charge in [-0.3, -0.25) is 0 Å². The first kappa shape index (κ1) is 5.21. The summed E-state index contributed by atoms with van der Waals surface area (Å²) in [6, 6.07) is 0. The van der Waals surface area contributed by atoms with E-state index in [-0.39, 0.29) is 0 Å².